The molecule has 0 bridgehead atoms. The highest BCUT2D eigenvalue weighted by Gasteiger charge is 2.90. The van der Waals surface area contributed by atoms with E-state index in [0.717, 1.165) is 0 Å². The van der Waals surface area contributed by atoms with Crippen LogP contribution in [0.3, 0.4) is 0 Å². The number of alkyl halides is 8. The van der Waals surface area contributed by atoms with Crippen molar-refractivity contribution in [1.82, 2.24) is 0 Å². The number of ether oxygens (including phenoxy) is 1. The fraction of sp³-hybridized carbons (Fsp3) is 1.00. The Hall–Kier alpha value is -0.650. The van der Waals surface area contributed by atoms with Gasteiger partial charge >= 0.3 is 22.7 Å². The van der Waals surface area contributed by atoms with E-state index in [1.807, 2.05) is 0 Å². The van der Waals surface area contributed by atoms with Crippen LogP contribution in [-0.4, -0.2) is 31.1 Å². The molecule has 1 fully saturated rings. The molecule has 0 amide bonds. The molecule has 0 aliphatic carbocycles. The first kappa shape index (κ1) is 13.4. The Labute approximate surface area is 81.9 Å². The molecule has 0 aromatic heterocycles. The Morgan fingerprint density at radius 3 is 1.44 bits per heavy atom. The molecule has 0 radical (unpaired) electrons. The topological polar surface area (TPSA) is 43.4 Å². The third kappa shape index (κ3) is 1.19. The Morgan fingerprint density at radius 1 is 0.938 bits per heavy atom. The van der Waals surface area contributed by atoms with Crippen LogP contribution >= 0.6 is 0 Å². The second kappa shape index (κ2) is 2.78. The van der Waals surface area contributed by atoms with Crippen molar-refractivity contribution in [2.24, 2.45) is 0 Å². The zero-order valence-corrected chi connectivity index (χ0v) is 7.47. The van der Waals surface area contributed by atoms with E-state index in [4.69, 9.17) is 0 Å². The van der Waals surface area contributed by atoms with E-state index in [0.29, 0.717) is 0 Å². The van der Waals surface area contributed by atoms with Crippen molar-refractivity contribution in [2.45, 2.75) is 22.7 Å². The van der Waals surface area contributed by atoms with Gasteiger partial charge in [-0.25, -0.2) is 8.42 Å². The molecule has 0 saturated carbocycles. The normalized spacial score (nSPS) is 36.2. The van der Waals surface area contributed by atoms with Crippen molar-refractivity contribution in [3.05, 3.63) is 0 Å². The predicted molar refractivity (Wildman–Crippen MR) is 29.8 cm³/mol. The van der Waals surface area contributed by atoms with Crippen LogP contribution in [-0.2, 0) is 14.6 Å². The molecule has 0 N–H and O–H groups in total. The fourth-order valence-corrected chi connectivity index (χ4v) is 2.01. The number of rotatable bonds is 0. The molecular weight excluding hydrogens is 280 g/mol. The van der Waals surface area contributed by atoms with Gasteiger partial charge in [0.05, 0.1) is 0 Å². The number of hydrogen-bond donors (Lipinski definition) is 0. The highest BCUT2D eigenvalue weighted by molar-refractivity contribution is 7.93. The Kier molecular flexibility index (Phi) is 2.33. The second-order valence-corrected chi connectivity index (χ2v) is 4.72. The zero-order valence-electron chi connectivity index (χ0n) is 6.66. The standard InChI is InChI=1S/C4F8O3S/c5-1(6,7)4(12)15-2(8,9)3(10,11)16(4,13)14/t4-/m1/s1. The molecule has 1 rings (SSSR count). The lowest BCUT2D eigenvalue weighted by atomic mass is 10.6. The SMILES string of the molecule is O=S1(=O)C(F)(F)C(F)(F)O[C@]1(F)C(F)(F)F. The van der Waals surface area contributed by atoms with E-state index in [2.05, 4.69) is 4.74 Å². The third-order valence-corrected chi connectivity index (χ3v) is 3.54. The fourth-order valence-electron chi connectivity index (χ4n) is 0.811. The van der Waals surface area contributed by atoms with E-state index in [1.165, 1.54) is 0 Å². The Balaban J connectivity index is 3.54. The molecule has 0 unspecified atom stereocenters. The highest BCUT2D eigenvalue weighted by Crippen LogP contribution is 2.59. The minimum Gasteiger partial charge on any atom is -0.256 e. The summed E-state index contributed by atoms with van der Waals surface area (Å²) in [6.07, 6.45) is -12.7. The van der Waals surface area contributed by atoms with Crippen molar-refractivity contribution < 1.29 is 48.3 Å². The molecule has 12 heteroatoms. The Bertz CT molecular complexity index is 409. The van der Waals surface area contributed by atoms with Gasteiger partial charge in [-0.1, -0.05) is 0 Å². The van der Waals surface area contributed by atoms with E-state index in [-0.39, 0.29) is 0 Å². The van der Waals surface area contributed by atoms with Gasteiger partial charge in [0, 0.05) is 0 Å². The van der Waals surface area contributed by atoms with Crippen molar-refractivity contribution in [1.29, 1.82) is 0 Å². The molecule has 0 aromatic carbocycles. The van der Waals surface area contributed by atoms with Gasteiger partial charge in [-0.2, -0.15) is 35.1 Å². The van der Waals surface area contributed by atoms with Crippen LogP contribution in [0.1, 0.15) is 0 Å². The van der Waals surface area contributed by atoms with Crippen LogP contribution in [0.5, 0.6) is 0 Å². The van der Waals surface area contributed by atoms with Crippen molar-refractivity contribution >= 4 is 9.84 Å². The van der Waals surface area contributed by atoms with Crippen LogP contribution in [0.2, 0.25) is 0 Å². The Morgan fingerprint density at radius 2 is 1.31 bits per heavy atom. The summed E-state index contributed by atoms with van der Waals surface area (Å²) in [5, 5.41) is -12.4. The first-order valence-corrected chi connectivity index (χ1v) is 4.64. The maximum Gasteiger partial charge on any atom is 0.465 e. The molecule has 16 heavy (non-hydrogen) atoms. The van der Waals surface area contributed by atoms with Gasteiger partial charge in [0.2, 0.25) is 0 Å². The number of halogens is 8. The summed E-state index contributed by atoms with van der Waals surface area (Å²) in [7, 11) is -7.23. The molecule has 0 aromatic rings. The van der Waals surface area contributed by atoms with Crippen molar-refractivity contribution in [3.8, 4) is 0 Å². The second-order valence-electron chi connectivity index (χ2n) is 2.67. The van der Waals surface area contributed by atoms with Gasteiger partial charge in [0.25, 0.3) is 9.84 Å². The monoisotopic (exact) mass is 280 g/mol. The first-order chi connectivity index (χ1) is 6.71. The molecule has 3 nitrogen and oxygen atoms in total. The van der Waals surface area contributed by atoms with E-state index >= 15 is 0 Å². The third-order valence-electron chi connectivity index (χ3n) is 1.62. The van der Waals surface area contributed by atoms with Gasteiger partial charge in [-0.05, 0) is 0 Å². The minimum absolute atomic E-state index is 2.07. The summed E-state index contributed by atoms with van der Waals surface area (Å²) in [5.74, 6) is 0. The first-order valence-electron chi connectivity index (χ1n) is 3.16. The molecule has 96 valence electrons. The van der Waals surface area contributed by atoms with E-state index in [1.54, 1.807) is 0 Å². The van der Waals surface area contributed by atoms with Crippen LogP contribution in [0.4, 0.5) is 35.1 Å². The van der Waals surface area contributed by atoms with Gasteiger partial charge in [-0.15, -0.1) is 0 Å². The van der Waals surface area contributed by atoms with Crippen LogP contribution in [0, 0.1) is 0 Å². The lowest BCUT2D eigenvalue weighted by Gasteiger charge is -2.19. The van der Waals surface area contributed by atoms with Crippen molar-refractivity contribution in [3.63, 3.8) is 0 Å². The van der Waals surface area contributed by atoms with Gasteiger partial charge < -0.3 is 0 Å². The number of hydrogen-bond acceptors (Lipinski definition) is 3. The molecule has 0 spiro atoms. The highest BCUT2D eigenvalue weighted by atomic mass is 32.2. The van der Waals surface area contributed by atoms with E-state index in [9.17, 15) is 43.5 Å². The smallest absolute Gasteiger partial charge is 0.256 e. The van der Waals surface area contributed by atoms with Gasteiger partial charge in [0.1, 0.15) is 0 Å². The molecule has 1 atom stereocenters. The molecule has 1 heterocycles. The van der Waals surface area contributed by atoms with Crippen LogP contribution in [0.25, 0.3) is 0 Å². The summed E-state index contributed by atoms with van der Waals surface area (Å²) in [4.78, 5) is 0. The summed E-state index contributed by atoms with van der Waals surface area (Å²) < 4.78 is 120. The van der Waals surface area contributed by atoms with Gasteiger partial charge in [-0.3, -0.25) is 4.74 Å². The molecule has 1 aliphatic rings. The molecular formula is C4F8O3S. The minimum atomic E-state index is -7.23. The maximum atomic E-state index is 12.7. The average molecular weight is 280 g/mol. The summed E-state index contributed by atoms with van der Waals surface area (Å²) in [5.41, 5.74) is 0. The zero-order chi connectivity index (χ0) is 13.2. The average Bonchev–Trinajstić information content (AvgIpc) is 2.07. The lowest BCUT2D eigenvalue weighted by molar-refractivity contribution is -0.386. The largest absolute Gasteiger partial charge is 0.465 e. The lowest BCUT2D eigenvalue weighted by Crippen LogP contribution is -2.49. The predicted octanol–water partition coefficient (Wildman–Crippen LogP) is 1.80. The van der Waals surface area contributed by atoms with E-state index < -0.39 is 32.6 Å². The summed E-state index contributed by atoms with van der Waals surface area (Å²) >= 11 is 0. The van der Waals surface area contributed by atoms with Crippen LogP contribution in [0.15, 0.2) is 0 Å². The van der Waals surface area contributed by atoms with Crippen LogP contribution < -0.4 is 0 Å². The molecule has 1 saturated heterocycles. The molecule has 1 aliphatic heterocycles. The van der Waals surface area contributed by atoms with Crippen molar-refractivity contribution in [2.75, 3.05) is 0 Å². The number of sulfone groups is 1. The summed E-state index contributed by atoms with van der Waals surface area (Å²) in [6.45, 7) is 0. The maximum absolute atomic E-state index is 12.7. The summed E-state index contributed by atoms with van der Waals surface area (Å²) in [6, 6.07) is 0. The quantitative estimate of drug-likeness (QED) is 0.635. The van der Waals surface area contributed by atoms with Gasteiger partial charge in [0.15, 0.2) is 0 Å².